The van der Waals surface area contributed by atoms with E-state index in [1.54, 1.807) is 0 Å². The Morgan fingerprint density at radius 1 is 1.16 bits per heavy atom. The molecule has 3 aromatic rings. The predicted molar refractivity (Wildman–Crippen MR) is 147 cm³/mol. The summed E-state index contributed by atoms with van der Waals surface area (Å²) in [5, 5.41) is 26.1. The van der Waals surface area contributed by atoms with Crippen LogP contribution in [0.5, 0.6) is 0 Å². The third kappa shape index (κ3) is 6.95. The van der Waals surface area contributed by atoms with E-state index < -0.39 is 16.9 Å². The number of hydrogen-bond acceptors (Lipinski definition) is 7. The van der Waals surface area contributed by atoms with E-state index in [-0.39, 0.29) is 28.8 Å². The Morgan fingerprint density at radius 2 is 1.86 bits per heavy atom. The molecule has 0 aliphatic heterocycles. The number of aromatic nitrogens is 3. The summed E-state index contributed by atoms with van der Waals surface area (Å²) in [5.41, 5.74) is 2.94. The van der Waals surface area contributed by atoms with Crippen LogP contribution in [0.2, 0.25) is 0 Å². The molecular formula is C25H29BrN6O4S. The number of benzene rings is 2. The third-order valence-corrected chi connectivity index (χ3v) is 7.42. The van der Waals surface area contributed by atoms with Gasteiger partial charge in [-0.1, -0.05) is 31.7 Å². The second-order valence-corrected chi connectivity index (χ2v) is 10.6. The number of nitro groups is 1. The van der Waals surface area contributed by atoms with Crippen LogP contribution in [-0.2, 0) is 11.3 Å². The van der Waals surface area contributed by atoms with Gasteiger partial charge in [0.05, 0.1) is 22.4 Å². The first-order chi connectivity index (χ1) is 17.5. The second kappa shape index (κ2) is 12.3. The highest BCUT2D eigenvalue weighted by Gasteiger charge is 2.27. The Balaban J connectivity index is 1.74. The molecule has 10 nitrogen and oxygen atoms in total. The van der Waals surface area contributed by atoms with Crippen LogP contribution in [0.25, 0.3) is 0 Å². The standard InChI is InChI=1S/C25H29BrN6O4S/c1-6-31-23(22(14(2)3)28-24(34)17-8-7-9-18(12-17)32(35)36)29-30-25(31)37-13-21(33)27-20-11-16(5)15(4)10-19(20)26/h7-12,14,22H,6,13H2,1-5H3,(H,27,33)(H,28,34)/t22-/m1/s1. The number of non-ortho nitro benzene ring substituents is 1. The van der Waals surface area contributed by atoms with Crippen molar-refractivity contribution in [3.8, 4) is 0 Å². The zero-order valence-corrected chi connectivity index (χ0v) is 23.6. The number of carbonyl (C=O) groups excluding carboxylic acids is 2. The number of nitrogens with zero attached hydrogens (tertiary/aromatic N) is 4. The van der Waals surface area contributed by atoms with Crippen LogP contribution in [0.15, 0.2) is 46.0 Å². The number of halogens is 1. The van der Waals surface area contributed by atoms with Crippen LogP contribution in [0.4, 0.5) is 11.4 Å². The summed E-state index contributed by atoms with van der Waals surface area (Å²) in [6, 6.07) is 8.97. The smallest absolute Gasteiger partial charge is 0.270 e. The van der Waals surface area contributed by atoms with E-state index in [1.807, 2.05) is 51.3 Å². The summed E-state index contributed by atoms with van der Waals surface area (Å²) >= 11 is 4.75. The van der Waals surface area contributed by atoms with Crippen molar-refractivity contribution in [2.45, 2.75) is 52.4 Å². The fraction of sp³-hybridized carbons (Fsp3) is 0.360. The highest BCUT2D eigenvalue weighted by Crippen LogP contribution is 2.28. The minimum absolute atomic E-state index is 0.0413. The molecule has 0 saturated heterocycles. The van der Waals surface area contributed by atoms with Crippen molar-refractivity contribution >= 4 is 50.9 Å². The van der Waals surface area contributed by atoms with E-state index in [0.717, 1.165) is 15.6 Å². The van der Waals surface area contributed by atoms with Gasteiger partial charge in [0.15, 0.2) is 11.0 Å². The van der Waals surface area contributed by atoms with Crippen molar-refractivity contribution in [2.75, 3.05) is 11.1 Å². The molecule has 0 aliphatic rings. The molecule has 0 fully saturated rings. The molecule has 0 spiro atoms. The van der Waals surface area contributed by atoms with E-state index in [1.165, 1.54) is 36.0 Å². The zero-order chi connectivity index (χ0) is 27.3. The number of aryl methyl sites for hydroxylation is 2. The average Bonchev–Trinajstić information content (AvgIpc) is 3.26. The Hall–Kier alpha value is -3.25. The molecule has 0 aliphatic carbocycles. The van der Waals surface area contributed by atoms with Crippen LogP contribution >= 0.6 is 27.7 Å². The molecule has 0 radical (unpaired) electrons. The van der Waals surface area contributed by atoms with E-state index >= 15 is 0 Å². The lowest BCUT2D eigenvalue weighted by molar-refractivity contribution is -0.384. The molecule has 2 amide bonds. The van der Waals surface area contributed by atoms with Crippen molar-refractivity contribution in [1.29, 1.82) is 0 Å². The summed E-state index contributed by atoms with van der Waals surface area (Å²) < 4.78 is 2.68. The fourth-order valence-electron chi connectivity index (χ4n) is 3.64. The van der Waals surface area contributed by atoms with Crippen molar-refractivity contribution in [2.24, 2.45) is 5.92 Å². The van der Waals surface area contributed by atoms with Crippen LogP contribution in [-0.4, -0.2) is 37.3 Å². The first kappa shape index (κ1) is 28.3. The SMILES string of the molecule is CCn1c(SCC(=O)Nc2cc(C)c(C)cc2Br)nnc1[C@H](NC(=O)c1cccc([N+](=O)[O-])c1)C(C)C. The Labute approximate surface area is 227 Å². The summed E-state index contributed by atoms with van der Waals surface area (Å²) in [6.45, 7) is 10.3. The molecule has 1 aromatic heterocycles. The number of carbonyl (C=O) groups is 2. The van der Waals surface area contributed by atoms with Gasteiger partial charge in [-0.3, -0.25) is 19.7 Å². The van der Waals surface area contributed by atoms with Gasteiger partial charge in [0.2, 0.25) is 5.91 Å². The molecule has 1 heterocycles. The van der Waals surface area contributed by atoms with Crippen molar-refractivity contribution < 1.29 is 14.5 Å². The van der Waals surface area contributed by atoms with Gasteiger partial charge in [0, 0.05) is 28.7 Å². The quantitative estimate of drug-likeness (QED) is 0.183. The molecule has 37 heavy (non-hydrogen) atoms. The molecule has 2 aromatic carbocycles. The molecular weight excluding hydrogens is 560 g/mol. The number of anilines is 1. The van der Waals surface area contributed by atoms with Gasteiger partial charge < -0.3 is 15.2 Å². The molecule has 3 rings (SSSR count). The number of nitrogens with one attached hydrogen (secondary N) is 2. The predicted octanol–water partition coefficient (Wildman–Crippen LogP) is 5.44. The second-order valence-electron chi connectivity index (χ2n) is 8.84. The number of thioether (sulfide) groups is 1. The molecule has 1 atom stereocenters. The summed E-state index contributed by atoms with van der Waals surface area (Å²) in [7, 11) is 0. The van der Waals surface area contributed by atoms with E-state index in [4.69, 9.17) is 0 Å². The highest BCUT2D eigenvalue weighted by atomic mass is 79.9. The van der Waals surface area contributed by atoms with Gasteiger partial charge in [-0.05, 0) is 71.9 Å². The third-order valence-electron chi connectivity index (χ3n) is 5.80. The molecule has 0 saturated carbocycles. The topological polar surface area (TPSA) is 132 Å². The molecule has 2 N–H and O–H groups in total. The average molecular weight is 590 g/mol. The van der Waals surface area contributed by atoms with Gasteiger partial charge >= 0.3 is 0 Å². The van der Waals surface area contributed by atoms with Gasteiger partial charge in [0.1, 0.15) is 0 Å². The van der Waals surface area contributed by atoms with Crippen molar-refractivity contribution in [3.05, 3.63) is 73.5 Å². The maximum absolute atomic E-state index is 12.9. The summed E-state index contributed by atoms with van der Waals surface area (Å²) in [5.74, 6) is 0.0156. The maximum atomic E-state index is 12.9. The monoisotopic (exact) mass is 588 g/mol. The molecule has 0 unspecified atom stereocenters. The Morgan fingerprint density at radius 3 is 2.51 bits per heavy atom. The lowest BCUT2D eigenvalue weighted by atomic mass is 10.0. The largest absolute Gasteiger partial charge is 0.342 e. The highest BCUT2D eigenvalue weighted by molar-refractivity contribution is 9.10. The van der Waals surface area contributed by atoms with Crippen LogP contribution < -0.4 is 10.6 Å². The molecule has 0 bridgehead atoms. The summed E-state index contributed by atoms with van der Waals surface area (Å²) in [6.07, 6.45) is 0. The zero-order valence-electron chi connectivity index (χ0n) is 21.2. The maximum Gasteiger partial charge on any atom is 0.270 e. The Bertz CT molecular complexity index is 1330. The van der Waals surface area contributed by atoms with Crippen molar-refractivity contribution in [1.82, 2.24) is 20.1 Å². The van der Waals surface area contributed by atoms with Crippen molar-refractivity contribution in [3.63, 3.8) is 0 Å². The van der Waals surface area contributed by atoms with E-state index in [0.29, 0.717) is 23.2 Å². The summed E-state index contributed by atoms with van der Waals surface area (Å²) in [4.78, 5) is 36.1. The number of amides is 2. The first-order valence-corrected chi connectivity index (χ1v) is 13.5. The van der Waals surface area contributed by atoms with E-state index in [2.05, 4.69) is 36.8 Å². The van der Waals surface area contributed by atoms with Gasteiger partial charge in [-0.25, -0.2) is 0 Å². The molecule has 196 valence electrons. The van der Waals surface area contributed by atoms with Gasteiger partial charge in [-0.2, -0.15) is 0 Å². The number of rotatable bonds is 10. The fourth-order valence-corrected chi connectivity index (χ4v) is 5.01. The number of nitro benzene ring substituents is 1. The number of hydrogen-bond donors (Lipinski definition) is 2. The van der Waals surface area contributed by atoms with Crippen LogP contribution in [0, 0.1) is 29.9 Å². The minimum Gasteiger partial charge on any atom is -0.342 e. The minimum atomic E-state index is -0.539. The van der Waals surface area contributed by atoms with Gasteiger partial charge in [-0.15, -0.1) is 10.2 Å². The van der Waals surface area contributed by atoms with E-state index in [9.17, 15) is 19.7 Å². The Kier molecular flexibility index (Phi) is 9.44. The lowest BCUT2D eigenvalue weighted by Crippen LogP contribution is -2.33. The van der Waals surface area contributed by atoms with Gasteiger partial charge in [0.25, 0.3) is 11.6 Å². The van der Waals surface area contributed by atoms with Crippen LogP contribution in [0.3, 0.4) is 0 Å². The van der Waals surface area contributed by atoms with Crippen LogP contribution in [0.1, 0.15) is 54.1 Å². The first-order valence-electron chi connectivity index (χ1n) is 11.7. The normalized spacial score (nSPS) is 11.9. The lowest BCUT2D eigenvalue weighted by Gasteiger charge is -2.22. The molecule has 12 heteroatoms.